The van der Waals surface area contributed by atoms with Crippen molar-refractivity contribution in [3.8, 4) is 0 Å². The van der Waals surface area contributed by atoms with E-state index in [-0.39, 0.29) is 11.9 Å². The first kappa shape index (κ1) is 15.0. The third kappa shape index (κ3) is 3.36. The first-order valence-electron chi connectivity index (χ1n) is 7.53. The molecule has 1 atom stereocenters. The summed E-state index contributed by atoms with van der Waals surface area (Å²) in [5, 5.41) is 11.5. The molecule has 6 heteroatoms. The number of hydrogen-bond donors (Lipinski definition) is 1. The van der Waals surface area contributed by atoms with Gasteiger partial charge in [0, 0.05) is 13.1 Å². The van der Waals surface area contributed by atoms with Gasteiger partial charge >= 0.3 is 0 Å². The first-order valence-corrected chi connectivity index (χ1v) is 7.53. The van der Waals surface area contributed by atoms with Crippen LogP contribution in [0, 0.1) is 0 Å². The highest BCUT2D eigenvalue weighted by Gasteiger charge is 2.22. The predicted octanol–water partition coefficient (Wildman–Crippen LogP) is 1.46. The Bertz CT molecular complexity index is 439. The predicted molar refractivity (Wildman–Crippen MR) is 77.6 cm³/mol. The van der Waals surface area contributed by atoms with Crippen LogP contribution < -0.4 is 5.32 Å². The smallest absolute Gasteiger partial charge is 0.276 e. The summed E-state index contributed by atoms with van der Waals surface area (Å²) < 4.78 is 1.85. The van der Waals surface area contributed by atoms with E-state index in [1.807, 2.05) is 11.7 Å². The average Bonchev–Trinajstić information content (AvgIpc) is 2.96. The van der Waals surface area contributed by atoms with Crippen molar-refractivity contribution < 1.29 is 4.79 Å². The van der Waals surface area contributed by atoms with Gasteiger partial charge in [0.05, 0.1) is 12.2 Å². The van der Waals surface area contributed by atoms with Crippen LogP contribution in [0.2, 0.25) is 0 Å². The second kappa shape index (κ2) is 6.83. The number of aromatic nitrogens is 3. The van der Waals surface area contributed by atoms with Gasteiger partial charge in [0.2, 0.25) is 0 Å². The van der Waals surface area contributed by atoms with Gasteiger partial charge in [0.15, 0.2) is 5.69 Å². The topological polar surface area (TPSA) is 63.1 Å². The monoisotopic (exact) mass is 279 g/mol. The third-order valence-corrected chi connectivity index (χ3v) is 4.10. The number of amides is 1. The van der Waals surface area contributed by atoms with Gasteiger partial charge in [-0.1, -0.05) is 18.6 Å². The summed E-state index contributed by atoms with van der Waals surface area (Å²) in [7, 11) is 1.84. The highest BCUT2D eigenvalue weighted by atomic mass is 16.2. The van der Waals surface area contributed by atoms with Crippen molar-refractivity contribution in [3.63, 3.8) is 0 Å². The van der Waals surface area contributed by atoms with Gasteiger partial charge in [-0.15, -0.1) is 5.10 Å². The van der Waals surface area contributed by atoms with Crippen LogP contribution in [0.5, 0.6) is 0 Å². The molecule has 2 heterocycles. The van der Waals surface area contributed by atoms with Crippen molar-refractivity contribution in [1.29, 1.82) is 0 Å². The number of rotatable bonds is 5. The summed E-state index contributed by atoms with van der Waals surface area (Å²) in [6, 6.07) is 0.597. The number of nitrogens with zero attached hydrogens (tertiary/aromatic N) is 4. The molecule has 1 amide bonds. The van der Waals surface area contributed by atoms with Crippen molar-refractivity contribution in [3.05, 3.63) is 11.9 Å². The maximum Gasteiger partial charge on any atom is 0.276 e. The Morgan fingerprint density at radius 1 is 1.55 bits per heavy atom. The van der Waals surface area contributed by atoms with Crippen molar-refractivity contribution in [2.75, 3.05) is 20.1 Å². The minimum absolute atomic E-state index is 0.0360. The minimum Gasteiger partial charge on any atom is -0.338 e. The summed E-state index contributed by atoms with van der Waals surface area (Å²) in [6.45, 7) is 6.20. The highest BCUT2D eigenvalue weighted by molar-refractivity contribution is 5.91. The number of nitrogens with one attached hydrogen (secondary N) is 1. The van der Waals surface area contributed by atoms with Gasteiger partial charge in [0.25, 0.3) is 5.91 Å². The van der Waals surface area contributed by atoms with E-state index in [4.69, 9.17) is 0 Å². The van der Waals surface area contributed by atoms with Crippen LogP contribution in [0.15, 0.2) is 6.20 Å². The maximum atomic E-state index is 12.4. The highest BCUT2D eigenvalue weighted by Crippen LogP contribution is 2.17. The van der Waals surface area contributed by atoms with E-state index in [0.717, 1.165) is 38.8 Å². The molecule has 1 aromatic rings. The zero-order valence-electron chi connectivity index (χ0n) is 12.7. The van der Waals surface area contributed by atoms with Gasteiger partial charge < -0.3 is 10.2 Å². The molecule has 6 nitrogen and oxygen atoms in total. The van der Waals surface area contributed by atoms with Gasteiger partial charge in [0.1, 0.15) is 0 Å². The number of carbonyl (C=O) groups excluding carboxylic acids is 1. The summed E-state index contributed by atoms with van der Waals surface area (Å²) in [5.74, 6) is -0.0360. The molecular weight excluding hydrogens is 254 g/mol. The van der Waals surface area contributed by atoms with Crippen LogP contribution in [0.1, 0.15) is 56.1 Å². The molecule has 1 aliphatic heterocycles. The van der Waals surface area contributed by atoms with Gasteiger partial charge in [-0.2, -0.15) is 0 Å². The Balaban J connectivity index is 2.02. The lowest BCUT2D eigenvalue weighted by Crippen LogP contribution is -2.35. The molecule has 1 aliphatic rings. The van der Waals surface area contributed by atoms with E-state index >= 15 is 0 Å². The standard InChI is InChI=1S/C14H25N5O/c1-4-5-11(2)18(3)14(20)13-10-19(17-16-13)12-6-8-15-9-7-12/h10-12,15H,4-9H2,1-3H3. The Kier molecular flexibility index (Phi) is 5.11. The zero-order valence-corrected chi connectivity index (χ0v) is 12.7. The Labute approximate surface area is 120 Å². The molecule has 1 unspecified atom stereocenters. The van der Waals surface area contributed by atoms with Crippen LogP contribution >= 0.6 is 0 Å². The molecule has 0 bridgehead atoms. The van der Waals surface area contributed by atoms with Crippen LogP contribution in [0.3, 0.4) is 0 Å². The van der Waals surface area contributed by atoms with E-state index in [0.29, 0.717) is 11.7 Å². The van der Waals surface area contributed by atoms with E-state index in [2.05, 4.69) is 29.5 Å². The number of hydrogen-bond acceptors (Lipinski definition) is 4. The molecule has 0 radical (unpaired) electrons. The van der Waals surface area contributed by atoms with Crippen molar-refractivity contribution in [2.24, 2.45) is 0 Å². The summed E-state index contributed by atoms with van der Waals surface area (Å²) in [6.07, 6.45) is 5.96. The second-order valence-corrected chi connectivity index (χ2v) is 5.62. The van der Waals surface area contributed by atoms with E-state index < -0.39 is 0 Å². The Morgan fingerprint density at radius 2 is 2.25 bits per heavy atom. The SMILES string of the molecule is CCCC(C)N(C)C(=O)c1cn(C2CCNCC2)nn1. The van der Waals surface area contributed by atoms with Gasteiger partial charge in [-0.05, 0) is 39.3 Å². The van der Waals surface area contributed by atoms with E-state index in [1.54, 1.807) is 11.1 Å². The second-order valence-electron chi connectivity index (χ2n) is 5.62. The minimum atomic E-state index is -0.0360. The van der Waals surface area contributed by atoms with Crippen molar-refractivity contribution in [2.45, 2.75) is 51.6 Å². The molecule has 1 fully saturated rings. The van der Waals surface area contributed by atoms with Crippen LogP contribution in [0.4, 0.5) is 0 Å². The van der Waals surface area contributed by atoms with Gasteiger partial charge in [-0.25, -0.2) is 4.68 Å². The fraction of sp³-hybridized carbons (Fsp3) is 0.786. The number of piperidine rings is 1. The zero-order chi connectivity index (χ0) is 14.5. The Morgan fingerprint density at radius 3 is 2.90 bits per heavy atom. The quantitative estimate of drug-likeness (QED) is 0.886. The third-order valence-electron chi connectivity index (χ3n) is 4.10. The lowest BCUT2D eigenvalue weighted by atomic mass is 10.1. The lowest BCUT2D eigenvalue weighted by molar-refractivity contribution is 0.0730. The van der Waals surface area contributed by atoms with Crippen LogP contribution in [0.25, 0.3) is 0 Å². The molecular formula is C14H25N5O. The first-order chi connectivity index (χ1) is 9.63. The molecule has 0 spiro atoms. The molecule has 0 saturated carbocycles. The van der Waals surface area contributed by atoms with Crippen LogP contribution in [-0.4, -0.2) is 52.0 Å². The lowest BCUT2D eigenvalue weighted by Gasteiger charge is -2.23. The molecule has 0 aromatic carbocycles. The number of carbonyl (C=O) groups is 1. The fourth-order valence-corrected chi connectivity index (χ4v) is 2.62. The summed E-state index contributed by atoms with van der Waals surface area (Å²) in [5.41, 5.74) is 0.453. The molecule has 112 valence electrons. The molecule has 1 saturated heterocycles. The van der Waals surface area contributed by atoms with E-state index in [1.165, 1.54) is 0 Å². The molecule has 1 aromatic heterocycles. The normalized spacial score (nSPS) is 17.9. The average molecular weight is 279 g/mol. The summed E-state index contributed by atoms with van der Waals surface area (Å²) >= 11 is 0. The largest absolute Gasteiger partial charge is 0.338 e. The molecule has 2 rings (SSSR count). The maximum absolute atomic E-state index is 12.4. The molecule has 0 aliphatic carbocycles. The van der Waals surface area contributed by atoms with E-state index in [9.17, 15) is 4.79 Å². The summed E-state index contributed by atoms with van der Waals surface area (Å²) in [4.78, 5) is 14.1. The molecule has 1 N–H and O–H groups in total. The molecule has 20 heavy (non-hydrogen) atoms. The van der Waals surface area contributed by atoms with Gasteiger partial charge in [-0.3, -0.25) is 4.79 Å². The van der Waals surface area contributed by atoms with Crippen molar-refractivity contribution >= 4 is 5.91 Å². The fourth-order valence-electron chi connectivity index (χ4n) is 2.62. The Hall–Kier alpha value is -1.43. The van der Waals surface area contributed by atoms with Crippen molar-refractivity contribution in [1.82, 2.24) is 25.2 Å². The van der Waals surface area contributed by atoms with Crippen LogP contribution in [-0.2, 0) is 0 Å².